The molecular formula is C74H83NO18. The molecular weight excluding hydrogens is 1190 g/mol. The summed E-state index contributed by atoms with van der Waals surface area (Å²) in [6.45, 7) is 12.8. The topological polar surface area (TPSA) is 234 Å². The molecule has 6 aromatic rings. The molecule has 0 amide bonds. The smallest absolute Gasteiger partial charge is 0.338 e. The lowest BCUT2D eigenvalue weighted by molar-refractivity contribution is -0.141. The molecule has 2 fully saturated rings. The van der Waals surface area contributed by atoms with Gasteiger partial charge in [-0.15, -0.1) is 0 Å². The zero-order valence-corrected chi connectivity index (χ0v) is 52.7. The van der Waals surface area contributed by atoms with Gasteiger partial charge in [0.25, 0.3) is 0 Å². The van der Waals surface area contributed by atoms with Crippen LogP contribution in [0.25, 0.3) is 21.7 Å². The van der Waals surface area contributed by atoms with Crippen LogP contribution in [-0.4, -0.2) is 98.6 Å². The van der Waals surface area contributed by atoms with Crippen molar-refractivity contribution in [2.45, 2.75) is 141 Å². The van der Waals surface area contributed by atoms with Crippen molar-refractivity contribution in [2.75, 3.05) is 39.6 Å². The standard InChI is InChI=1S/C74H83NO18/c1-4-67(76)86-46-16-10-7-13-43-83-55-29-35-58(36-30-55)89-70-65-49-53(73(81)92-59-25-19-51(20-26-59)71(79)90-61-37-31-56(32-38-61)84-44-14-8-11-17-47-87-68(77)5-2)23-41-63(65)64-42-24-54(50-66(64)75-70)74(82)93-60-27-21-52(22-28-60)72(80)91-62-39-33-57(34-40-62)85-45-15-9-12-18-48-88-69(78)6-3/h4-6,23-24,29-42,49-52,59-60H,1-3,7-22,25-28,43-48H2. The predicted molar refractivity (Wildman–Crippen MR) is 348 cm³/mol. The second kappa shape index (κ2) is 37.1. The number of hydrogen-bond donors (Lipinski definition) is 0. The number of carbonyl (C=O) groups excluding carboxylic acids is 7. The van der Waals surface area contributed by atoms with Crippen LogP contribution in [0, 0.1) is 11.8 Å². The van der Waals surface area contributed by atoms with E-state index in [1.165, 1.54) is 0 Å². The van der Waals surface area contributed by atoms with Crippen LogP contribution < -0.4 is 28.4 Å². The van der Waals surface area contributed by atoms with Gasteiger partial charge >= 0.3 is 41.8 Å². The SMILES string of the molecule is C=CC(=O)OCCCCCCOc1ccc(OC(=O)C2CCC(OC(=O)c3ccc4c(c3)nc(Oc3ccc(OCCCCCCOC(=O)C=C)cc3)c3cc(C(=O)OC5CCC(C(=O)Oc6ccc(OCCCCCCOC(=O)C=C)cc6)CC5)ccc34)CC2)cc1. The molecule has 0 N–H and O–H groups in total. The highest BCUT2D eigenvalue weighted by molar-refractivity contribution is 6.11. The van der Waals surface area contributed by atoms with E-state index < -0.39 is 42.1 Å². The summed E-state index contributed by atoms with van der Waals surface area (Å²) in [6.07, 6.45) is 16.7. The summed E-state index contributed by atoms with van der Waals surface area (Å²) in [5.41, 5.74) is 1.01. The first kappa shape index (κ1) is 69.4. The molecule has 0 atom stereocenters. The van der Waals surface area contributed by atoms with Gasteiger partial charge in [-0.1, -0.05) is 31.9 Å². The number of pyridine rings is 1. The average molecular weight is 1270 g/mol. The lowest BCUT2D eigenvalue weighted by Gasteiger charge is -2.27. The van der Waals surface area contributed by atoms with Crippen LogP contribution in [0.1, 0.15) is 149 Å². The van der Waals surface area contributed by atoms with Gasteiger partial charge in [0.1, 0.15) is 46.7 Å². The molecule has 2 aliphatic rings. The van der Waals surface area contributed by atoms with Crippen molar-refractivity contribution in [1.82, 2.24) is 4.98 Å². The highest BCUT2D eigenvalue weighted by Gasteiger charge is 2.32. The highest BCUT2D eigenvalue weighted by Crippen LogP contribution is 2.37. The Labute approximate surface area is 542 Å². The van der Waals surface area contributed by atoms with Crippen LogP contribution in [0.5, 0.6) is 40.4 Å². The molecule has 0 radical (unpaired) electrons. The minimum Gasteiger partial charge on any atom is -0.494 e. The van der Waals surface area contributed by atoms with E-state index in [-0.39, 0.29) is 40.8 Å². The van der Waals surface area contributed by atoms with Gasteiger partial charge in [0.05, 0.1) is 68.1 Å². The van der Waals surface area contributed by atoms with Crippen LogP contribution in [0.2, 0.25) is 0 Å². The number of ether oxygens (including phenoxy) is 11. The first-order valence-corrected chi connectivity index (χ1v) is 32.3. The van der Waals surface area contributed by atoms with Gasteiger partial charge in [-0.3, -0.25) is 9.59 Å². The number of hydrogen-bond acceptors (Lipinski definition) is 19. The molecule has 5 aromatic carbocycles. The molecule has 1 aromatic heterocycles. The fourth-order valence-corrected chi connectivity index (χ4v) is 10.8. The van der Waals surface area contributed by atoms with Gasteiger partial charge in [-0.05, 0) is 231 Å². The number of unbranched alkanes of at least 4 members (excludes halogenated alkanes) is 9. The van der Waals surface area contributed by atoms with E-state index >= 15 is 0 Å². The van der Waals surface area contributed by atoms with E-state index in [1.54, 1.807) is 103 Å². The van der Waals surface area contributed by atoms with Gasteiger partial charge in [-0.25, -0.2) is 29.0 Å². The zero-order valence-electron chi connectivity index (χ0n) is 52.7. The van der Waals surface area contributed by atoms with E-state index in [1.807, 2.05) is 6.07 Å². The Morgan fingerprint density at radius 3 is 1.11 bits per heavy atom. The van der Waals surface area contributed by atoms with Crippen molar-refractivity contribution in [3.05, 3.63) is 158 Å². The first-order valence-electron chi connectivity index (χ1n) is 32.3. The second-order valence-corrected chi connectivity index (χ2v) is 22.9. The lowest BCUT2D eigenvalue weighted by Crippen LogP contribution is -2.30. The summed E-state index contributed by atoms with van der Waals surface area (Å²) in [5, 5.41) is 1.93. The normalized spacial score (nSPS) is 16.0. The number of aromatic nitrogens is 1. The third-order valence-electron chi connectivity index (χ3n) is 16.1. The zero-order chi connectivity index (χ0) is 65.6. The third kappa shape index (κ3) is 22.7. The Morgan fingerprint density at radius 2 is 0.720 bits per heavy atom. The summed E-state index contributed by atoms with van der Waals surface area (Å²) < 4.78 is 62.8. The number of nitrogens with zero attached hydrogens (tertiary/aromatic N) is 1. The molecule has 0 saturated heterocycles. The molecule has 2 saturated carbocycles. The van der Waals surface area contributed by atoms with E-state index in [0.717, 1.165) is 95.3 Å². The first-order chi connectivity index (χ1) is 45.3. The van der Waals surface area contributed by atoms with Crippen molar-refractivity contribution < 1.29 is 85.7 Å². The number of fused-ring (bicyclic) bond motifs is 3. The van der Waals surface area contributed by atoms with Crippen molar-refractivity contribution in [2.24, 2.45) is 11.8 Å². The van der Waals surface area contributed by atoms with Crippen LogP contribution >= 0.6 is 0 Å². The van der Waals surface area contributed by atoms with Crippen molar-refractivity contribution in [3.8, 4) is 40.4 Å². The van der Waals surface area contributed by atoms with Gasteiger partial charge in [0.2, 0.25) is 5.88 Å². The van der Waals surface area contributed by atoms with Gasteiger partial charge in [0.15, 0.2) is 0 Å². The molecule has 0 spiro atoms. The Kier molecular flexibility index (Phi) is 27.7. The maximum atomic E-state index is 14.0. The van der Waals surface area contributed by atoms with Crippen LogP contribution in [-0.2, 0) is 47.7 Å². The van der Waals surface area contributed by atoms with E-state index in [2.05, 4.69) is 19.7 Å². The fraction of sp³-hybridized carbons (Fsp3) is 0.405. The predicted octanol–water partition coefficient (Wildman–Crippen LogP) is 14.8. The van der Waals surface area contributed by atoms with Crippen LogP contribution in [0.15, 0.2) is 147 Å². The molecule has 492 valence electrons. The monoisotopic (exact) mass is 1270 g/mol. The van der Waals surface area contributed by atoms with Crippen LogP contribution in [0.4, 0.5) is 0 Å². The molecule has 8 rings (SSSR count). The van der Waals surface area contributed by atoms with Gasteiger partial charge < -0.3 is 52.1 Å². The largest absolute Gasteiger partial charge is 0.494 e. The molecule has 19 nitrogen and oxygen atoms in total. The number of rotatable bonds is 37. The quantitative estimate of drug-likeness (QED) is 0.00880. The molecule has 19 heteroatoms. The molecule has 93 heavy (non-hydrogen) atoms. The minimum absolute atomic E-state index is 0.181. The second-order valence-electron chi connectivity index (χ2n) is 22.9. The van der Waals surface area contributed by atoms with Crippen LogP contribution in [0.3, 0.4) is 0 Å². The summed E-state index contributed by atoms with van der Waals surface area (Å²) >= 11 is 0. The Hall–Kier alpha value is -9.52. The highest BCUT2D eigenvalue weighted by atomic mass is 16.6. The summed E-state index contributed by atoms with van der Waals surface area (Å²) in [5.74, 6) is -0.321. The molecule has 0 bridgehead atoms. The van der Waals surface area contributed by atoms with Gasteiger partial charge in [0, 0.05) is 29.0 Å². The third-order valence-corrected chi connectivity index (χ3v) is 16.1. The maximum absolute atomic E-state index is 14.0. The number of carbonyl (C=O) groups is 7. The fourth-order valence-electron chi connectivity index (χ4n) is 10.8. The molecule has 1 heterocycles. The van der Waals surface area contributed by atoms with Crippen molar-refractivity contribution >= 4 is 63.5 Å². The Morgan fingerprint density at radius 1 is 0.376 bits per heavy atom. The maximum Gasteiger partial charge on any atom is 0.338 e. The summed E-state index contributed by atoms with van der Waals surface area (Å²) in [6, 6.07) is 31.3. The van der Waals surface area contributed by atoms with E-state index in [0.29, 0.717) is 147 Å². The van der Waals surface area contributed by atoms with Gasteiger partial charge in [-0.2, -0.15) is 0 Å². The lowest BCUT2D eigenvalue weighted by atomic mass is 9.87. The van der Waals surface area contributed by atoms with E-state index in [9.17, 15) is 33.6 Å². The Balaban J connectivity index is 0.840. The Bertz CT molecular complexity index is 3470. The average Bonchev–Trinajstić information content (AvgIpc) is 0.797. The van der Waals surface area contributed by atoms with Crippen molar-refractivity contribution in [1.29, 1.82) is 0 Å². The number of benzene rings is 5. The number of esters is 7. The molecule has 0 aliphatic heterocycles. The minimum atomic E-state index is -0.538. The molecule has 0 unspecified atom stereocenters. The summed E-state index contributed by atoms with van der Waals surface area (Å²) in [7, 11) is 0. The molecule has 2 aliphatic carbocycles. The summed E-state index contributed by atoms with van der Waals surface area (Å²) in [4.78, 5) is 92.9. The van der Waals surface area contributed by atoms with Crippen molar-refractivity contribution in [3.63, 3.8) is 0 Å². The van der Waals surface area contributed by atoms with E-state index in [4.69, 9.17) is 57.1 Å².